The van der Waals surface area contributed by atoms with E-state index >= 15 is 0 Å². The summed E-state index contributed by atoms with van der Waals surface area (Å²) in [6.07, 6.45) is 3.03. The van der Waals surface area contributed by atoms with Gasteiger partial charge in [0, 0.05) is 5.92 Å². The molecule has 0 aromatic heterocycles. The monoisotopic (exact) mass is 298 g/mol. The fraction of sp³-hybridized carbons (Fsp3) is 0.263. The molecular formula is C19H22O3. The maximum Gasteiger partial charge on any atom is 0.161 e. The van der Waals surface area contributed by atoms with Gasteiger partial charge in [-0.15, -0.1) is 0 Å². The number of phenols is 2. The first-order valence-electron chi connectivity index (χ1n) is 7.43. The lowest BCUT2D eigenvalue weighted by Gasteiger charge is -2.20. The molecule has 1 atom stereocenters. The van der Waals surface area contributed by atoms with Crippen molar-refractivity contribution in [2.45, 2.75) is 26.2 Å². The number of phenolic OH excluding ortho intramolecular Hbond substituents is 2. The van der Waals surface area contributed by atoms with Gasteiger partial charge in [-0.05, 0) is 54.3 Å². The van der Waals surface area contributed by atoms with Crippen molar-refractivity contribution in [2.75, 3.05) is 7.11 Å². The molecule has 2 rings (SSSR count). The van der Waals surface area contributed by atoms with Crippen molar-refractivity contribution in [1.29, 1.82) is 0 Å². The van der Waals surface area contributed by atoms with E-state index in [1.807, 2.05) is 31.2 Å². The molecule has 0 saturated carbocycles. The van der Waals surface area contributed by atoms with Gasteiger partial charge in [-0.3, -0.25) is 0 Å². The number of benzene rings is 2. The molecule has 0 aliphatic carbocycles. The Morgan fingerprint density at radius 3 is 2.36 bits per heavy atom. The maximum atomic E-state index is 9.76. The zero-order chi connectivity index (χ0) is 16.1. The lowest BCUT2D eigenvalue weighted by molar-refractivity contribution is 0.373. The fourth-order valence-electron chi connectivity index (χ4n) is 2.77. The highest BCUT2D eigenvalue weighted by Crippen LogP contribution is 2.38. The summed E-state index contributed by atoms with van der Waals surface area (Å²) in [7, 11) is 1.55. The van der Waals surface area contributed by atoms with Crippen LogP contribution in [-0.4, -0.2) is 17.3 Å². The highest BCUT2D eigenvalue weighted by atomic mass is 16.5. The molecule has 3 nitrogen and oxygen atoms in total. The van der Waals surface area contributed by atoms with E-state index in [0.717, 1.165) is 17.5 Å². The van der Waals surface area contributed by atoms with E-state index in [2.05, 4.69) is 13.0 Å². The lowest BCUT2D eigenvalue weighted by atomic mass is 9.84. The van der Waals surface area contributed by atoms with Crippen LogP contribution in [0.15, 0.2) is 48.5 Å². The average molecular weight is 298 g/mol. The van der Waals surface area contributed by atoms with Crippen LogP contribution in [0, 0.1) is 0 Å². The zero-order valence-electron chi connectivity index (χ0n) is 13.2. The molecular weight excluding hydrogens is 276 g/mol. The molecule has 22 heavy (non-hydrogen) atoms. The maximum absolute atomic E-state index is 9.76. The van der Waals surface area contributed by atoms with Crippen molar-refractivity contribution >= 4 is 5.57 Å². The quantitative estimate of drug-likeness (QED) is 0.841. The highest BCUT2D eigenvalue weighted by molar-refractivity contribution is 5.73. The summed E-state index contributed by atoms with van der Waals surface area (Å²) < 4.78 is 5.20. The molecule has 0 aliphatic heterocycles. The average Bonchev–Trinajstić information content (AvgIpc) is 2.54. The third-order valence-corrected chi connectivity index (χ3v) is 3.90. The molecule has 0 bridgehead atoms. The summed E-state index contributed by atoms with van der Waals surface area (Å²) in [5.41, 5.74) is 3.35. The van der Waals surface area contributed by atoms with Gasteiger partial charge in [-0.1, -0.05) is 31.2 Å². The molecule has 3 heteroatoms. The molecule has 0 fully saturated rings. The number of hydrogen-bond acceptors (Lipinski definition) is 3. The van der Waals surface area contributed by atoms with Gasteiger partial charge < -0.3 is 14.9 Å². The molecule has 0 spiro atoms. The number of aromatic hydroxyl groups is 2. The van der Waals surface area contributed by atoms with Gasteiger partial charge in [0.1, 0.15) is 5.75 Å². The third-order valence-electron chi connectivity index (χ3n) is 3.90. The first kappa shape index (κ1) is 16.0. The van der Waals surface area contributed by atoms with E-state index in [9.17, 15) is 10.2 Å². The van der Waals surface area contributed by atoms with Crippen molar-refractivity contribution in [3.8, 4) is 17.2 Å². The summed E-state index contributed by atoms with van der Waals surface area (Å²) in [5, 5.41) is 19.2. The first-order chi connectivity index (χ1) is 10.6. The Hall–Kier alpha value is -2.42. The van der Waals surface area contributed by atoms with Gasteiger partial charge in [0.15, 0.2) is 11.5 Å². The fourth-order valence-corrected chi connectivity index (χ4v) is 2.77. The standard InChI is InChI=1S/C19H22O3/c1-4-16(13-6-9-15(20)10-7-13)17(5-2)14-8-11-18(21)19(12-14)22-3/h5-12,16,20-21H,4H2,1-3H3. The van der Waals surface area contributed by atoms with Crippen LogP contribution in [0.3, 0.4) is 0 Å². The minimum atomic E-state index is 0.138. The Labute approximate surface area is 131 Å². The minimum Gasteiger partial charge on any atom is -0.508 e. The van der Waals surface area contributed by atoms with Crippen molar-refractivity contribution in [1.82, 2.24) is 0 Å². The van der Waals surface area contributed by atoms with E-state index in [4.69, 9.17) is 4.74 Å². The molecule has 0 heterocycles. The van der Waals surface area contributed by atoms with E-state index in [1.54, 1.807) is 25.3 Å². The Morgan fingerprint density at radius 1 is 1.14 bits per heavy atom. The van der Waals surface area contributed by atoms with Crippen LogP contribution in [0.5, 0.6) is 17.2 Å². The lowest BCUT2D eigenvalue weighted by Crippen LogP contribution is -2.01. The molecule has 116 valence electrons. The topological polar surface area (TPSA) is 49.7 Å². The predicted octanol–water partition coefficient (Wildman–Crippen LogP) is 4.70. The second-order valence-corrected chi connectivity index (χ2v) is 5.18. The Kier molecular flexibility index (Phi) is 5.10. The van der Waals surface area contributed by atoms with Crippen molar-refractivity contribution in [3.05, 3.63) is 59.7 Å². The zero-order valence-corrected chi connectivity index (χ0v) is 13.2. The van der Waals surface area contributed by atoms with E-state index in [-0.39, 0.29) is 17.4 Å². The Balaban J connectivity index is 2.43. The third kappa shape index (κ3) is 3.25. The van der Waals surface area contributed by atoms with Crippen molar-refractivity contribution in [3.63, 3.8) is 0 Å². The van der Waals surface area contributed by atoms with Crippen LogP contribution in [0.25, 0.3) is 5.57 Å². The van der Waals surface area contributed by atoms with Gasteiger partial charge in [0.25, 0.3) is 0 Å². The summed E-state index contributed by atoms with van der Waals surface area (Å²) in [6.45, 7) is 4.15. The molecule has 0 amide bonds. The van der Waals surface area contributed by atoms with Crippen LogP contribution in [0.4, 0.5) is 0 Å². The largest absolute Gasteiger partial charge is 0.508 e. The summed E-state index contributed by atoms with van der Waals surface area (Å²) in [5.74, 6) is 1.10. The van der Waals surface area contributed by atoms with E-state index in [0.29, 0.717) is 5.75 Å². The first-order valence-corrected chi connectivity index (χ1v) is 7.43. The van der Waals surface area contributed by atoms with Crippen LogP contribution in [-0.2, 0) is 0 Å². The van der Waals surface area contributed by atoms with Gasteiger partial charge >= 0.3 is 0 Å². The highest BCUT2D eigenvalue weighted by Gasteiger charge is 2.17. The normalized spacial score (nSPS) is 13.0. The molecule has 0 saturated heterocycles. The summed E-state index contributed by atoms with van der Waals surface area (Å²) >= 11 is 0. The number of ether oxygens (including phenoxy) is 1. The molecule has 0 aliphatic rings. The van der Waals surface area contributed by atoms with Crippen LogP contribution >= 0.6 is 0 Å². The number of rotatable bonds is 5. The van der Waals surface area contributed by atoms with Crippen molar-refractivity contribution < 1.29 is 14.9 Å². The number of allylic oxidation sites excluding steroid dienone is 2. The van der Waals surface area contributed by atoms with Gasteiger partial charge in [0.05, 0.1) is 7.11 Å². The van der Waals surface area contributed by atoms with Crippen LogP contribution in [0.1, 0.15) is 37.3 Å². The van der Waals surface area contributed by atoms with Crippen molar-refractivity contribution in [2.24, 2.45) is 0 Å². The predicted molar refractivity (Wildman–Crippen MR) is 89.4 cm³/mol. The number of hydrogen-bond donors (Lipinski definition) is 2. The molecule has 2 aromatic carbocycles. The van der Waals surface area contributed by atoms with Crippen LogP contribution < -0.4 is 4.74 Å². The molecule has 2 N–H and O–H groups in total. The summed E-state index contributed by atoms with van der Waals surface area (Å²) in [4.78, 5) is 0. The molecule has 0 radical (unpaired) electrons. The Morgan fingerprint density at radius 2 is 1.82 bits per heavy atom. The second kappa shape index (κ2) is 7.03. The van der Waals surface area contributed by atoms with E-state index in [1.165, 1.54) is 5.57 Å². The SMILES string of the molecule is CC=C(c1ccc(O)c(OC)c1)C(CC)c1ccc(O)cc1. The number of methoxy groups -OCH3 is 1. The smallest absolute Gasteiger partial charge is 0.161 e. The Bertz CT molecular complexity index is 657. The van der Waals surface area contributed by atoms with Gasteiger partial charge in [0.2, 0.25) is 0 Å². The second-order valence-electron chi connectivity index (χ2n) is 5.18. The van der Waals surface area contributed by atoms with Gasteiger partial charge in [-0.2, -0.15) is 0 Å². The molecule has 2 aromatic rings. The molecule has 1 unspecified atom stereocenters. The van der Waals surface area contributed by atoms with Gasteiger partial charge in [-0.25, -0.2) is 0 Å². The van der Waals surface area contributed by atoms with E-state index < -0.39 is 0 Å². The summed E-state index contributed by atoms with van der Waals surface area (Å²) in [6, 6.07) is 12.7. The minimum absolute atomic E-state index is 0.138. The van der Waals surface area contributed by atoms with Crippen LogP contribution in [0.2, 0.25) is 0 Å².